The number of carboxylic acids is 1. The zero-order valence-corrected chi connectivity index (χ0v) is 19.8. The number of aromatic nitrogens is 3. The van der Waals surface area contributed by atoms with Crippen molar-refractivity contribution in [1.82, 2.24) is 15.0 Å². The van der Waals surface area contributed by atoms with Crippen molar-refractivity contribution in [3.63, 3.8) is 0 Å². The number of aromatic carboxylic acids is 1. The van der Waals surface area contributed by atoms with Crippen LogP contribution in [0.2, 0.25) is 10.0 Å². The van der Waals surface area contributed by atoms with E-state index < -0.39 is 11.9 Å². The number of carboxylic acid groups (broad SMARTS) is 1. The van der Waals surface area contributed by atoms with Crippen LogP contribution < -0.4 is 5.32 Å². The highest BCUT2D eigenvalue weighted by Crippen LogP contribution is 2.28. The van der Waals surface area contributed by atoms with Gasteiger partial charge in [-0.2, -0.15) is 0 Å². The summed E-state index contributed by atoms with van der Waals surface area (Å²) in [6.45, 7) is 0.102. The van der Waals surface area contributed by atoms with Crippen molar-refractivity contribution in [3.8, 4) is 5.69 Å². The number of nitrogens with zero attached hydrogens (tertiary/aromatic N) is 3. The van der Waals surface area contributed by atoms with Crippen LogP contribution >= 0.6 is 23.2 Å². The van der Waals surface area contributed by atoms with Crippen molar-refractivity contribution < 1.29 is 19.4 Å². The molecule has 0 bridgehead atoms. The van der Waals surface area contributed by atoms with Gasteiger partial charge in [-0.1, -0.05) is 61.0 Å². The van der Waals surface area contributed by atoms with Crippen LogP contribution in [0.25, 0.3) is 5.69 Å². The first-order chi connectivity index (χ1) is 16.4. The van der Waals surface area contributed by atoms with Crippen LogP contribution in [0.3, 0.4) is 0 Å². The minimum atomic E-state index is -1.09. The summed E-state index contributed by atoms with van der Waals surface area (Å²) in [4.78, 5) is 25.6. The molecule has 1 saturated carbocycles. The Bertz CT molecular complexity index is 1170. The Morgan fingerprint density at radius 2 is 1.71 bits per heavy atom. The first-order valence-electron chi connectivity index (χ1n) is 11.1. The predicted molar refractivity (Wildman–Crippen MR) is 129 cm³/mol. The molecule has 0 unspecified atom stereocenters. The van der Waals surface area contributed by atoms with E-state index in [-0.39, 0.29) is 24.0 Å². The number of anilines is 1. The van der Waals surface area contributed by atoms with Gasteiger partial charge in [-0.25, -0.2) is 4.79 Å². The van der Waals surface area contributed by atoms with E-state index in [2.05, 4.69) is 15.5 Å². The third kappa shape index (κ3) is 5.75. The molecule has 2 N–H and O–H groups in total. The van der Waals surface area contributed by atoms with Crippen LogP contribution in [-0.4, -0.2) is 38.1 Å². The SMILES string of the molecule is O=C(O)c1cccc(NC(=O)c2nn(-c3c(Cl)cccc3Cl)nc2COC2CCCCCC2)c1. The molecule has 178 valence electrons. The second-order valence-electron chi connectivity index (χ2n) is 8.12. The number of ether oxygens (including phenoxy) is 1. The standard InChI is InChI=1S/C24H24Cl2N4O4/c25-18-11-6-12-19(26)22(18)30-28-20(14-34-17-9-3-1-2-4-10-17)21(29-30)23(31)27-16-8-5-7-15(13-16)24(32)33/h5-8,11-13,17H,1-4,9-10,14H2,(H,27,31)(H,32,33). The lowest BCUT2D eigenvalue weighted by atomic mass is 10.1. The summed E-state index contributed by atoms with van der Waals surface area (Å²) in [6, 6.07) is 11.0. The van der Waals surface area contributed by atoms with Gasteiger partial charge in [0.1, 0.15) is 11.4 Å². The van der Waals surface area contributed by atoms with Crippen LogP contribution in [0.5, 0.6) is 0 Å². The molecule has 1 aliphatic rings. The maximum atomic E-state index is 13.1. The summed E-state index contributed by atoms with van der Waals surface area (Å²) >= 11 is 12.7. The fourth-order valence-corrected chi connectivity index (χ4v) is 4.46. The van der Waals surface area contributed by atoms with Gasteiger partial charge < -0.3 is 15.2 Å². The Morgan fingerprint density at radius 1 is 1.03 bits per heavy atom. The van der Waals surface area contributed by atoms with Gasteiger partial charge in [0, 0.05) is 5.69 Å². The summed E-state index contributed by atoms with van der Waals surface area (Å²) in [6.07, 6.45) is 6.65. The highest BCUT2D eigenvalue weighted by Gasteiger charge is 2.23. The van der Waals surface area contributed by atoms with Gasteiger partial charge in [0.2, 0.25) is 0 Å². The van der Waals surface area contributed by atoms with Crippen molar-refractivity contribution in [2.75, 3.05) is 5.32 Å². The van der Waals surface area contributed by atoms with E-state index in [0.717, 1.165) is 25.7 Å². The summed E-state index contributed by atoms with van der Waals surface area (Å²) in [5.41, 5.74) is 1.12. The van der Waals surface area contributed by atoms with Gasteiger partial charge in [-0.3, -0.25) is 4.79 Å². The number of benzene rings is 2. The fourth-order valence-electron chi connectivity index (χ4n) is 3.92. The minimum absolute atomic E-state index is 0.0466. The molecule has 0 aliphatic heterocycles. The molecule has 3 aromatic rings. The van der Waals surface area contributed by atoms with Crippen molar-refractivity contribution in [1.29, 1.82) is 0 Å². The van der Waals surface area contributed by atoms with E-state index >= 15 is 0 Å². The number of carbonyl (C=O) groups is 2. The van der Waals surface area contributed by atoms with E-state index in [1.165, 1.54) is 29.8 Å². The number of nitrogens with one attached hydrogen (secondary N) is 1. The summed E-state index contributed by atoms with van der Waals surface area (Å²) in [5.74, 6) is -1.63. The van der Waals surface area contributed by atoms with E-state index in [1.807, 2.05) is 0 Å². The Kier molecular flexibility index (Phi) is 7.82. The number of halogens is 2. The molecular formula is C24H24Cl2N4O4. The molecule has 1 heterocycles. The lowest BCUT2D eigenvalue weighted by Crippen LogP contribution is -2.17. The second kappa shape index (κ2) is 11.0. The molecule has 34 heavy (non-hydrogen) atoms. The molecular weight excluding hydrogens is 479 g/mol. The Hall–Kier alpha value is -2.94. The second-order valence-corrected chi connectivity index (χ2v) is 8.93. The van der Waals surface area contributed by atoms with Gasteiger partial charge in [0.15, 0.2) is 5.69 Å². The van der Waals surface area contributed by atoms with Crippen LogP contribution in [0.15, 0.2) is 42.5 Å². The van der Waals surface area contributed by atoms with E-state index in [9.17, 15) is 14.7 Å². The molecule has 4 rings (SSSR count). The quantitative estimate of drug-likeness (QED) is 0.397. The van der Waals surface area contributed by atoms with Crippen LogP contribution in [0.4, 0.5) is 5.69 Å². The van der Waals surface area contributed by atoms with Gasteiger partial charge in [0.25, 0.3) is 5.91 Å². The lowest BCUT2D eigenvalue weighted by molar-refractivity contribution is 0.0287. The molecule has 0 saturated heterocycles. The van der Waals surface area contributed by atoms with Crippen LogP contribution in [0, 0.1) is 0 Å². The van der Waals surface area contributed by atoms with Crippen molar-refractivity contribution in [2.24, 2.45) is 0 Å². The molecule has 0 radical (unpaired) electrons. The minimum Gasteiger partial charge on any atom is -0.478 e. The number of carbonyl (C=O) groups excluding carboxylic acids is 1. The van der Waals surface area contributed by atoms with Gasteiger partial charge in [-0.15, -0.1) is 15.0 Å². The maximum Gasteiger partial charge on any atom is 0.335 e. The Morgan fingerprint density at radius 3 is 2.38 bits per heavy atom. The van der Waals surface area contributed by atoms with Gasteiger partial charge in [0.05, 0.1) is 28.3 Å². The normalized spacial score (nSPS) is 14.5. The van der Waals surface area contributed by atoms with Gasteiger partial charge in [-0.05, 0) is 43.2 Å². The Labute approximate surface area is 206 Å². The van der Waals surface area contributed by atoms with E-state index in [4.69, 9.17) is 27.9 Å². The number of hydrogen-bond donors (Lipinski definition) is 2. The van der Waals surface area contributed by atoms with E-state index in [0.29, 0.717) is 27.1 Å². The molecule has 2 aromatic carbocycles. The largest absolute Gasteiger partial charge is 0.478 e. The highest BCUT2D eigenvalue weighted by molar-refractivity contribution is 6.37. The first kappa shape index (κ1) is 24.2. The first-order valence-corrected chi connectivity index (χ1v) is 11.8. The lowest BCUT2D eigenvalue weighted by Gasteiger charge is -2.14. The molecule has 1 aromatic heterocycles. The maximum absolute atomic E-state index is 13.1. The fraction of sp³-hybridized carbons (Fsp3) is 0.333. The number of rotatable bonds is 7. The zero-order valence-electron chi connectivity index (χ0n) is 18.3. The average molecular weight is 503 g/mol. The molecule has 10 heteroatoms. The number of amides is 1. The summed E-state index contributed by atoms with van der Waals surface area (Å²) < 4.78 is 6.11. The topological polar surface area (TPSA) is 106 Å². The smallest absolute Gasteiger partial charge is 0.335 e. The third-order valence-electron chi connectivity index (χ3n) is 5.66. The molecule has 0 spiro atoms. The molecule has 1 amide bonds. The molecule has 8 nitrogen and oxygen atoms in total. The monoisotopic (exact) mass is 502 g/mol. The molecule has 1 aliphatic carbocycles. The van der Waals surface area contributed by atoms with Crippen molar-refractivity contribution >= 4 is 40.8 Å². The number of hydrogen-bond acceptors (Lipinski definition) is 5. The predicted octanol–water partition coefficient (Wildman–Crippen LogP) is 5.76. The number of para-hydroxylation sites is 1. The third-order valence-corrected chi connectivity index (χ3v) is 6.27. The highest BCUT2D eigenvalue weighted by atomic mass is 35.5. The molecule has 1 fully saturated rings. The average Bonchev–Trinajstić information content (AvgIpc) is 3.04. The van der Waals surface area contributed by atoms with E-state index in [1.54, 1.807) is 30.3 Å². The van der Waals surface area contributed by atoms with Gasteiger partial charge >= 0.3 is 5.97 Å². The van der Waals surface area contributed by atoms with Crippen LogP contribution in [-0.2, 0) is 11.3 Å². The van der Waals surface area contributed by atoms with Crippen molar-refractivity contribution in [3.05, 3.63) is 69.5 Å². The van der Waals surface area contributed by atoms with Crippen molar-refractivity contribution in [2.45, 2.75) is 51.2 Å². The summed E-state index contributed by atoms with van der Waals surface area (Å²) in [5, 5.41) is 21.4. The molecule has 0 atom stereocenters. The summed E-state index contributed by atoms with van der Waals surface area (Å²) in [7, 11) is 0. The Balaban J connectivity index is 1.63. The zero-order chi connectivity index (χ0) is 24.1. The van der Waals surface area contributed by atoms with Crippen LogP contribution in [0.1, 0.15) is 65.1 Å².